The first-order chi connectivity index (χ1) is 18.0. The molecule has 37 heavy (non-hydrogen) atoms. The molecule has 0 fully saturated rings. The molecule has 0 saturated heterocycles. The summed E-state index contributed by atoms with van der Waals surface area (Å²) in [6, 6.07) is 0. The highest BCUT2D eigenvalue weighted by Crippen LogP contribution is 2.08. The molecule has 11 nitrogen and oxygen atoms in total. The summed E-state index contributed by atoms with van der Waals surface area (Å²) in [4.78, 5) is 11.5. The molecule has 0 unspecified atom stereocenters. The van der Waals surface area contributed by atoms with Crippen LogP contribution in [0.2, 0.25) is 0 Å². The average molecular weight is 561 g/mol. The van der Waals surface area contributed by atoms with E-state index in [9.17, 15) is 4.79 Å². The third kappa shape index (κ3) is 33.4. The zero-order chi connectivity index (χ0) is 27.3. The fourth-order valence-electron chi connectivity index (χ4n) is 2.46. The molecule has 0 N–H and O–H groups in total. The summed E-state index contributed by atoms with van der Waals surface area (Å²) in [6.45, 7) is 14.4. The van der Waals surface area contributed by atoms with E-state index in [2.05, 4.69) is 0 Å². The molecule has 0 spiro atoms. The molecular formula is C25H49ClO11. The van der Waals surface area contributed by atoms with Crippen molar-refractivity contribution < 1.29 is 52.2 Å². The lowest BCUT2D eigenvalue weighted by Crippen LogP contribution is -2.24. The van der Waals surface area contributed by atoms with Crippen molar-refractivity contribution in [3.05, 3.63) is 0 Å². The molecular weight excluding hydrogens is 512 g/mol. The van der Waals surface area contributed by atoms with Crippen molar-refractivity contribution in [3.8, 4) is 0 Å². The minimum atomic E-state index is -0.469. The summed E-state index contributed by atoms with van der Waals surface area (Å²) in [7, 11) is 0. The summed E-state index contributed by atoms with van der Waals surface area (Å²) in [5.41, 5.74) is -0.469. The summed E-state index contributed by atoms with van der Waals surface area (Å²) in [6.07, 6.45) is 0.236. The van der Waals surface area contributed by atoms with Crippen molar-refractivity contribution in [3.63, 3.8) is 0 Å². The van der Waals surface area contributed by atoms with Gasteiger partial charge in [0.25, 0.3) is 0 Å². The second kappa shape index (κ2) is 28.4. The molecule has 0 heterocycles. The first-order valence-electron chi connectivity index (χ1n) is 12.9. The van der Waals surface area contributed by atoms with E-state index >= 15 is 0 Å². The SMILES string of the molecule is CC(C)(C)OC(=O)CCOCCOCCOCCOCCOCCOCCOCCOCCOCCCl. The number of carbonyl (C=O) groups is 1. The average Bonchev–Trinajstić information content (AvgIpc) is 2.84. The maximum Gasteiger partial charge on any atom is 0.308 e. The Kier molecular flexibility index (Phi) is 27.9. The molecule has 0 aliphatic rings. The van der Waals surface area contributed by atoms with Crippen LogP contribution in [0.1, 0.15) is 27.2 Å². The van der Waals surface area contributed by atoms with Crippen LogP contribution in [0.5, 0.6) is 0 Å². The van der Waals surface area contributed by atoms with Gasteiger partial charge in [0.15, 0.2) is 0 Å². The summed E-state index contributed by atoms with van der Waals surface area (Å²) in [5, 5.41) is 0. The minimum Gasteiger partial charge on any atom is -0.460 e. The van der Waals surface area contributed by atoms with E-state index in [-0.39, 0.29) is 12.4 Å². The summed E-state index contributed by atoms with van der Waals surface area (Å²) < 4.78 is 53.6. The van der Waals surface area contributed by atoms with Crippen LogP contribution in [-0.2, 0) is 52.2 Å². The first-order valence-corrected chi connectivity index (χ1v) is 13.5. The number of hydrogen-bond acceptors (Lipinski definition) is 11. The van der Waals surface area contributed by atoms with Crippen LogP contribution in [-0.4, -0.2) is 136 Å². The van der Waals surface area contributed by atoms with Gasteiger partial charge in [-0.15, -0.1) is 11.6 Å². The van der Waals surface area contributed by atoms with Crippen LogP contribution >= 0.6 is 11.6 Å². The number of hydrogen-bond donors (Lipinski definition) is 0. The number of esters is 1. The van der Waals surface area contributed by atoms with Crippen molar-refractivity contribution in [1.82, 2.24) is 0 Å². The van der Waals surface area contributed by atoms with Gasteiger partial charge in [-0.05, 0) is 20.8 Å². The number of rotatable bonds is 29. The van der Waals surface area contributed by atoms with Gasteiger partial charge in [-0.3, -0.25) is 4.79 Å². The highest BCUT2D eigenvalue weighted by Gasteiger charge is 2.15. The largest absolute Gasteiger partial charge is 0.460 e. The van der Waals surface area contributed by atoms with Gasteiger partial charge < -0.3 is 47.4 Å². The van der Waals surface area contributed by atoms with Crippen LogP contribution in [0.15, 0.2) is 0 Å². The molecule has 0 aliphatic carbocycles. The van der Waals surface area contributed by atoms with Crippen LogP contribution in [0.4, 0.5) is 0 Å². The smallest absolute Gasteiger partial charge is 0.308 e. The Hall–Kier alpha value is -0.600. The lowest BCUT2D eigenvalue weighted by molar-refractivity contribution is -0.156. The van der Waals surface area contributed by atoms with Gasteiger partial charge in [0, 0.05) is 5.88 Å². The Balaban J connectivity index is 3.09. The van der Waals surface area contributed by atoms with E-state index in [0.29, 0.717) is 125 Å². The van der Waals surface area contributed by atoms with Gasteiger partial charge in [0.2, 0.25) is 0 Å². The second-order valence-corrected chi connectivity index (χ2v) is 8.91. The zero-order valence-electron chi connectivity index (χ0n) is 23.0. The number of carbonyl (C=O) groups excluding carboxylic acids is 1. The maximum atomic E-state index is 11.5. The minimum absolute atomic E-state index is 0.236. The van der Waals surface area contributed by atoms with Crippen LogP contribution in [0.3, 0.4) is 0 Å². The molecule has 0 saturated carbocycles. The van der Waals surface area contributed by atoms with Crippen molar-refractivity contribution in [2.75, 3.05) is 125 Å². The second-order valence-electron chi connectivity index (χ2n) is 8.54. The van der Waals surface area contributed by atoms with E-state index < -0.39 is 5.60 Å². The Bertz CT molecular complexity index is 478. The van der Waals surface area contributed by atoms with Crippen LogP contribution in [0.25, 0.3) is 0 Å². The van der Waals surface area contributed by atoms with Crippen molar-refractivity contribution in [2.24, 2.45) is 0 Å². The summed E-state index contributed by atoms with van der Waals surface area (Å²) >= 11 is 5.50. The Morgan fingerprint density at radius 2 is 0.703 bits per heavy atom. The van der Waals surface area contributed by atoms with Gasteiger partial charge in [0.05, 0.1) is 125 Å². The lowest BCUT2D eigenvalue weighted by Gasteiger charge is -2.19. The fourth-order valence-corrected chi connectivity index (χ4v) is 2.57. The zero-order valence-corrected chi connectivity index (χ0v) is 23.8. The first kappa shape index (κ1) is 36.4. The van der Waals surface area contributed by atoms with Gasteiger partial charge >= 0.3 is 5.97 Å². The van der Waals surface area contributed by atoms with Gasteiger partial charge in [-0.1, -0.05) is 0 Å². The lowest BCUT2D eigenvalue weighted by atomic mass is 10.2. The fraction of sp³-hybridized carbons (Fsp3) is 0.960. The molecule has 0 bridgehead atoms. The van der Waals surface area contributed by atoms with Crippen molar-refractivity contribution in [2.45, 2.75) is 32.8 Å². The van der Waals surface area contributed by atoms with Crippen LogP contribution in [0, 0.1) is 0 Å². The molecule has 0 amide bonds. The van der Waals surface area contributed by atoms with Gasteiger partial charge in [0.1, 0.15) is 5.60 Å². The standard InChI is InChI=1S/C25H49ClO11/c1-25(2,3)37-24(27)4-6-28-8-10-30-12-14-32-16-18-34-20-22-36-23-21-35-19-17-33-15-13-31-11-9-29-7-5-26/h4-23H2,1-3H3. The predicted molar refractivity (Wildman–Crippen MR) is 139 cm³/mol. The number of ether oxygens (including phenoxy) is 10. The molecule has 0 aromatic heterocycles. The molecule has 0 rings (SSSR count). The third-order valence-electron chi connectivity index (χ3n) is 4.07. The molecule has 12 heteroatoms. The molecule has 0 aliphatic heterocycles. The van der Waals surface area contributed by atoms with Crippen molar-refractivity contribution in [1.29, 1.82) is 0 Å². The Morgan fingerprint density at radius 1 is 0.459 bits per heavy atom. The van der Waals surface area contributed by atoms with Crippen molar-refractivity contribution >= 4 is 17.6 Å². The number of alkyl halides is 1. The molecule has 222 valence electrons. The molecule has 0 aromatic carbocycles. The van der Waals surface area contributed by atoms with E-state index in [1.807, 2.05) is 20.8 Å². The predicted octanol–water partition coefficient (Wildman–Crippen LogP) is 2.11. The van der Waals surface area contributed by atoms with Crippen LogP contribution < -0.4 is 0 Å². The number of halogens is 1. The van der Waals surface area contributed by atoms with E-state index in [1.165, 1.54) is 0 Å². The molecule has 0 aromatic rings. The highest BCUT2D eigenvalue weighted by molar-refractivity contribution is 6.17. The summed E-state index contributed by atoms with van der Waals surface area (Å²) in [5.74, 6) is 0.233. The molecule has 0 radical (unpaired) electrons. The van der Waals surface area contributed by atoms with Gasteiger partial charge in [-0.25, -0.2) is 0 Å². The van der Waals surface area contributed by atoms with Gasteiger partial charge in [-0.2, -0.15) is 0 Å². The molecule has 0 atom stereocenters. The monoisotopic (exact) mass is 560 g/mol. The maximum absolute atomic E-state index is 11.5. The Labute approximate surface area is 227 Å². The highest BCUT2D eigenvalue weighted by atomic mass is 35.5. The topological polar surface area (TPSA) is 109 Å². The third-order valence-corrected chi connectivity index (χ3v) is 4.22. The normalized spacial score (nSPS) is 11.8. The quantitative estimate of drug-likeness (QED) is 0.0762. The Morgan fingerprint density at radius 3 is 0.946 bits per heavy atom. The van der Waals surface area contributed by atoms with E-state index in [0.717, 1.165) is 0 Å². The van der Waals surface area contributed by atoms with E-state index in [1.54, 1.807) is 0 Å². The van der Waals surface area contributed by atoms with E-state index in [4.69, 9.17) is 59.0 Å².